The number of carbonyl (C=O) groups excluding carboxylic acids is 2. The molecule has 1 saturated heterocycles. The van der Waals surface area contributed by atoms with Crippen molar-refractivity contribution in [1.82, 2.24) is 0 Å². The number of esters is 2. The molecule has 5 heterocycles. The largest absolute Gasteiger partial charge is 0.482 e. The smallest absolute Gasteiger partial charge is 0.340 e. The molecule has 11 heteroatoms. The molecule has 17 atom stereocenters. The maximum Gasteiger partial charge on any atom is 0.340 e. The lowest BCUT2D eigenvalue weighted by Gasteiger charge is -2.56. The summed E-state index contributed by atoms with van der Waals surface area (Å²) in [6, 6.07) is 43.6. The average Bonchev–Trinajstić information content (AvgIpc) is 1.30. The van der Waals surface area contributed by atoms with Gasteiger partial charge in [-0.05, 0) is 227 Å². The normalized spacial score (nSPS) is 33.4. The van der Waals surface area contributed by atoms with Gasteiger partial charge >= 0.3 is 17.6 Å². The van der Waals surface area contributed by atoms with E-state index in [1.165, 1.54) is 86.7 Å². The Bertz CT molecular complexity index is 4770. The zero-order chi connectivity index (χ0) is 67.5. The van der Waals surface area contributed by atoms with Crippen molar-refractivity contribution >= 4 is 35.1 Å². The van der Waals surface area contributed by atoms with Gasteiger partial charge in [-0.3, -0.25) is 4.79 Å². The summed E-state index contributed by atoms with van der Waals surface area (Å²) in [7, 11) is 1.54. The number of allylic oxidation sites excluding steroid dienone is 5. The highest BCUT2D eigenvalue weighted by Gasteiger charge is 2.70. The first-order valence-electron chi connectivity index (χ1n) is 37.4. The summed E-state index contributed by atoms with van der Waals surface area (Å²) < 4.78 is 35.3. The maximum absolute atomic E-state index is 16.6. The molecule has 0 amide bonds. The third-order valence-electron chi connectivity index (χ3n) is 27.6. The van der Waals surface area contributed by atoms with Crippen molar-refractivity contribution in [2.75, 3.05) is 26.9 Å². The Labute approximate surface area is 584 Å². The van der Waals surface area contributed by atoms with Crippen LogP contribution in [0, 0.1) is 40.9 Å². The van der Waals surface area contributed by atoms with Gasteiger partial charge in [0.1, 0.15) is 11.3 Å². The standard InChI is InChI=1S/C89H88O11/c1-49(46-91)69-43-71-58-37-51-16-14-50(15-17-51)36-52-18-19-54-20-24-61-9-5-10-62-25-28-67-65(12-6-13-75(67)89(61,62)76(54)38-52)55-21-26-63-56-22-27-66(71)70(41-56)60(40-58)45-87-33-7-34-88(78(87)44-72-64-11-4-3-8-53(64)23-30-74(72)87)84(99-85(69)94)83(97-79(93)42-59(63)39-55)81-77(100-88)31-29-68-73(47-92)80(86(95)98-82(68)81)57(32-35-90)48-96-2/h3-4,6-8,11-24,26-27,29-31,33,38,41,55,57-63,71-72,74,78,83-84,90-92H,5,9-10,25,28,32,34-37,39-40,42-48H2,1-2H3. The van der Waals surface area contributed by atoms with Gasteiger partial charge in [0, 0.05) is 77.6 Å². The number of fused-ring (bicyclic) bond motifs is 10. The minimum Gasteiger partial charge on any atom is -0.482 e. The van der Waals surface area contributed by atoms with E-state index in [4.69, 9.17) is 23.4 Å². The summed E-state index contributed by atoms with van der Waals surface area (Å²) in [6.45, 7) is 0.739. The van der Waals surface area contributed by atoms with Crippen LogP contribution < -0.4 is 10.4 Å². The Morgan fingerprint density at radius 1 is 0.730 bits per heavy atom. The van der Waals surface area contributed by atoms with Crippen LogP contribution in [0.2, 0.25) is 0 Å². The van der Waals surface area contributed by atoms with E-state index in [0.717, 1.165) is 50.5 Å². The summed E-state index contributed by atoms with van der Waals surface area (Å²) >= 11 is 0. The molecule has 21 bridgehead atoms. The lowest BCUT2D eigenvalue weighted by molar-refractivity contribution is -0.210. The molecular formula is C89H88O11. The predicted molar refractivity (Wildman–Crippen MR) is 384 cm³/mol. The number of hydrogen-bond acceptors (Lipinski definition) is 11. The van der Waals surface area contributed by atoms with Gasteiger partial charge in [-0.15, -0.1) is 0 Å². The molecule has 4 aliphatic heterocycles. The van der Waals surface area contributed by atoms with Gasteiger partial charge < -0.3 is 38.7 Å². The fourth-order valence-corrected chi connectivity index (χ4v) is 23.5. The van der Waals surface area contributed by atoms with E-state index in [2.05, 4.69) is 152 Å². The molecule has 1 aromatic heterocycles. The molecule has 3 N–H and O–H groups in total. The summed E-state index contributed by atoms with van der Waals surface area (Å²) in [5.74, 6) is -1.37. The van der Waals surface area contributed by atoms with E-state index in [1.807, 2.05) is 19.1 Å². The second-order valence-corrected chi connectivity index (χ2v) is 32.1. The highest BCUT2D eigenvalue weighted by Crippen LogP contribution is 2.71. The number of carbonyl (C=O) groups is 2. The molecule has 11 nitrogen and oxygen atoms in total. The van der Waals surface area contributed by atoms with Gasteiger partial charge in [0.2, 0.25) is 0 Å². The lowest BCUT2D eigenvalue weighted by atomic mass is 9.48. The molecule has 100 heavy (non-hydrogen) atoms. The van der Waals surface area contributed by atoms with E-state index in [1.54, 1.807) is 0 Å². The second kappa shape index (κ2) is 24.0. The summed E-state index contributed by atoms with van der Waals surface area (Å²) in [5, 5.41) is 33.9. The highest BCUT2D eigenvalue weighted by molar-refractivity contribution is 5.91. The van der Waals surface area contributed by atoms with Crippen LogP contribution in [0.1, 0.15) is 215 Å². The first kappa shape index (κ1) is 62.8. The average molecular weight is 1330 g/mol. The molecule has 510 valence electrons. The number of hydrogen-bond donors (Lipinski definition) is 3. The number of ether oxygens (including phenoxy) is 4. The first-order valence-corrected chi connectivity index (χ1v) is 37.4. The monoisotopic (exact) mass is 1330 g/mol. The quantitative estimate of drug-likeness (QED) is 0.0603. The Hall–Kier alpha value is -8.19. The molecule has 2 saturated carbocycles. The van der Waals surface area contributed by atoms with Crippen LogP contribution in [0.15, 0.2) is 172 Å². The molecule has 3 fully saturated rings. The molecular weight excluding hydrogens is 1240 g/mol. The molecule has 0 radical (unpaired) electrons. The van der Waals surface area contributed by atoms with Gasteiger partial charge in [-0.25, -0.2) is 9.59 Å². The van der Waals surface area contributed by atoms with Crippen molar-refractivity contribution in [3.05, 3.63) is 262 Å². The lowest BCUT2D eigenvalue weighted by Crippen LogP contribution is -2.64. The van der Waals surface area contributed by atoms with Crippen molar-refractivity contribution in [2.45, 2.75) is 169 Å². The first-order chi connectivity index (χ1) is 48.9. The molecule has 16 aliphatic carbocycles. The summed E-state index contributed by atoms with van der Waals surface area (Å²) in [4.78, 5) is 48.2. The fourth-order valence-electron chi connectivity index (χ4n) is 23.5. The Kier molecular flexibility index (Phi) is 15.0. The Balaban J connectivity index is 0.878. The van der Waals surface area contributed by atoms with Crippen molar-refractivity contribution in [3.63, 3.8) is 0 Å². The van der Waals surface area contributed by atoms with Gasteiger partial charge in [0.25, 0.3) is 0 Å². The molecule has 2 spiro atoms. The topological polar surface area (TPSA) is 162 Å². The fraction of sp³-hybridized carbons (Fsp3) is 0.427. The minimum atomic E-state index is -1.41. The van der Waals surface area contributed by atoms with E-state index in [9.17, 15) is 15.3 Å². The summed E-state index contributed by atoms with van der Waals surface area (Å²) in [6.07, 6.45) is 27.7. The van der Waals surface area contributed by atoms with Gasteiger partial charge in [-0.1, -0.05) is 158 Å². The van der Waals surface area contributed by atoms with Gasteiger partial charge in [0.05, 0.1) is 25.4 Å². The van der Waals surface area contributed by atoms with Crippen LogP contribution in [0.4, 0.5) is 0 Å². The van der Waals surface area contributed by atoms with Crippen LogP contribution in [-0.2, 0) is 55.1 Å². The predicted octanol–water partition coefficient (Wildman–Crippen LogP) is 16.1. The van der Waals surface area contributed by atoms with Crippen molar-refractivity contribution < 1.29 is 48.3 Å². The molecule has 7 aromatic rings. The van der Waals surface area contributed by atoms with Crippen molar-refractivity contribution in [3.8, 4) is 5.75 Å². The van der Waals surface area contributed by atoms with Gasteiger partial charge in [0.15, 0.2) is 17.8 Å². The SMILES string of the molecule is COCC(CCO)c1c(CO)c2ccc3c(c2oc1=O)C1OC(=O)CC2CC4C=CC2c2ccc5c(c2)C2CC(Cc6ccc(cc6)Cc6ccc7c(c6)C68c9cccc4c9CCC6CCCC8C=C7)C5CC(=C(C)CO)C(=O)OC1C1(CC=CC4(C2)C2C=Cc5ccccc5C2CC41)O3. The number of aliphatic hydroxyl groups excluding tert-OH is 3. The zero-order valence-electron chi connectivity index (χ0n) is 57.2. The maximum atomic E-state index is 16.6. The van der Waals surface area contributed by atoms with Crippen LogP contribution in [0.5, 0.6) is 5.75 Å². The van der Waals surface area contributed by atoms with E-state index in [-0.39, 0.29) is 114 Å². The third-order valence-corrected chi connectivity index (χ3v) is 27.6. The second-order valence-electron chi connectivity index (χ2n) is 32.1. The number of methoxy groups -OCH3 is 1. The third kappa shape index (κ3) is 9.31. The zero-order valence-corrected chi connectivity index (χ0v) is 57.2. The van der Waals surface area contributed by atoms with E-state index in [0.29, 0.717) is 58.9 Å². The molecule has 27 rings (SSSR count). The van der Waals surface area contributed by atoms with Gasteiger partial charge in [-0.2, -0.15) is 0 Å². The number of aliphatic hydroxyl groups is 3. The van der Waals surface area contributed by atoms with Crippen LogP contribution >= 0.6 is 0 Å². The van der Waals surface area contributed by atoms with E-state index >= 15 is 14.4 Å². The van der Waals surface area contributed by atoms with E-state index < -0.39 is 53.3 Å². The number of benzene rings is 6. The van der Waals surface area contributed by atoms with Crippen molar-refractivity contribution in [2.24, 2.45) is 40.9 Å². The van der Waals surface area contributed by atoms with Crippen LogP contribution in [0.25, 0.3) is 23.1 Å². The Morgan fingerprint density at radius 3 is 2.44 bits per heavy atom. The Morgan fingerprint density at radius 2 is 1.58 bits per heavy atom. The molecule has 17 unspecified atom stereocenters. The number of rotatable bonds is 7. The molecule has 20 aliphatic rings. The van der Waals surface area contributed by atoms with Crippen LogP contribution in [-0.4, -0.2) is 65.9 Å². The summed E-state index contributed by atoms with van der Waals surface area (Å²) in [5.41, 5.74) is 15.8. The van der Waals surface area contributed by atoms with Crippen LogP contribution in [0.3, 0.4) is 0 Å². The minimum absolute atomic E-state index is 0.0141. The van der Waals surface area contributed by atoms with Crippen molar-refractivity contribution in [1.29, 1.82) is 0 Å². The molecule has 6 aromatic carbocycles. The highest BCUT2D eigenvalue weighted by atomic mass is 16.6.